The Bertz CT molecular complexity index is 1270. The summed E-state index contributed by atoms with van der Waals surface area (Å²) in [6, 6.07) is 18.0. The normalized spacial score (nSPS) is 11.0. The minimum absolute atomic E-state index is 0.105. The van der Waals surface area contributed by atoms with Crippen molar-refractivity contribution in [1.29, 1.82) is 5.26 Å². The maximum atomic E-state index is 12.6. The lowest BCUT2D eigenvalue weighted by molar-refractivity contribution is -0.112. The Morgan fingerprint density at radius 1 is 1.15 bits per heavy atom. The van der Waals surface area contributed by atoms with Crippen molar-refractivity contribution < 1.29 is 14.3 Å². The average molecular weight is 546 g/mol. The van der Waals surface area contributed by atoms with E-state index >= 15 is 0 Å². The molecule has 0 bridgehead atoms. The summed E-state index contributed by atoms with van der Waals surface area (Å²) in [5.41, 5.74) is 2.72. The number of methoxy groups -OCH3 is 1. The Balaban J connectivity index is 1.83. The van der Waals surface area contributed by atoms with Gasteiger partial charge in [0.05, 0.1) is 12.1 Å². The minimum Gasteiger partial charge on any atom is -0.493 e. The number of rotatable bonds is 7. The number of nitriles is 1. The van der Waals surface area contributed by atoms with E-state index in [1.165, 1.54) is 13.2 Å². The number of benzene rings is 3. The number of ether oxygens (including phenoxy) is 2. The summed E-state index contributed by atoms with van der Waals surface area (Å²) in [6.07, 6.45) is 1.43. The van der Waals surface area contributed by atoms with Gasteiger partial charge in [0.1, 0.15) is 18.2 Å². The van der Waals surface area contributed by atoms with Crippen LogP contribution in [0.25, 0.3) is 6.08 Å². The molecule has 0 unspecified atom stereocenters. The fraction of sp³-hybridized carbons (Fsp3) is 0.120. The van der Waals surface area contributed by atoms with Crippen LogP contribution in [0.3, 0.4) is 0 Å². The van der Waals surface area contributed by atoms with Gasteiger partial charge >= 0.3 is 0 Å². The van der Waals surface area contributed by atoms with Crippen molar-refractivity contribution >= 4 is 56.8 Å². The topological polar surface area (TPSA) is 71.3 Å². The molecule has 1 amide bonds. The van der Waals surface area contributed by atoms with Crippen molar-refractivity contribution in [2.45, 2.75) is 13.5 Å². The van der Waals surface area contributed by atoms with E-state index in [4.69, 9.17) is 32.7 Å². The zero-order chi connectivity index (χ0) is 24.0. The van der Waals surface area contributed by atoms with Gasteiger partial charge in [-0.15, -0.1) is 0 Å². The Hall–Kier alpha value is -2.98. The molecule has 0 aliphatic rings. The zero-order valence-electron chi connectivity index (χ0n) is 17.8. The van der Waals surface area contributed by atoms with Crippen LogP contribution in [0.5, 0.6) is 11.5 Å². The first-order valence-electron chi connectivity index (χ1n) is 9.75. The van der Waals surface area contributed by atoms with Gasteiger partial charge in [-0.05, 0) is 54.5 Å². The highest BCUT2D eigenvalue weighted by Crippen LogP contribution is 2.38. The molecule has 168 valence electrons. The number of hydrogen-bond acceptors (Lipinski definition) is 4. The van der Waals surface area contributed by atoms with Crippen LogP contribution in [-0.4, -0.2) is 13.0 Å². The van der Waals surface area contributed by atoms with E-state index in [2.05, 4.69) is 21.2 Å². The van der Waals surface area contributed by atoms with Crippen LogP contribution < -0.4 is 14.8 Å². The fourth-order valence-electron chi connectivity index (χ4n) is 2.91. The quantitative estimate of drug-likeness (QED) is 0.252. The number of nitrogens with one attached hydrogen (secondary N) is 1. The van der Waals surface area contributed by atoms with Gasteiger partial charge in [0.2, 0.25) is 0 Å². The predicted molar refractivity (Wildman–Crippen MR) is 135 cm³/mol. The molecule has 3 aromatic carbocycles. The predicted octanol–water partition coefficient (Wildman–Crippen LogP) is 7.20. The monoisotopic (exact) mass is 544 g/mol. The molecular formula is C25H19BrCl2N2O3. The molecule has 0 aromatic heterocycles. The van der Waals surface area contributed by atoms with Crippen LogP contribution in [0.2, 0.25) is 10.0 Å². The minimum atomic E-state index is -0.568. The molecular weight excluding hydrogens is 527 g/mol. The molecule has 3 rings (SSSR count). The van der Waals surface area contributed by atoms with Crippen molar-refractivity contribution in [3.63, 3.8) is 0 Å². The first kappa shape index (κ1) is 24.7. The molecule has 0 aliphatic carbocycles. The second-order valence-electron chi connectivity index (χ2n) is 7.00. The lowest BCUT2D eigenvalue weighted by atomic mass is 10.1. The second-order valence-corrected chi connectivity index (χ2v) is 8.67. The molecule has 3 aromatic rings. The van der Waals surface area contributed by atoms with Crippen molar-refractivity contribution in [2.24, 2.45) is 0 Å². The Morgan fingerprint density at radius 3 is 2.58 bits per heavy atom. The van der Waals surface area contributed by atoms with Crippen LogP contribution in [0.4, 0.5) is 5.69 Å². The summed E-state index contributed by atoms with van der Waals surface area (Å²) >= 11 is 16.0. The summed E-state index contributed by atoms with van der Waals surface area (Å²) < 4.78 is 12.2. The smallest absolute Gasteiger partial charge is 0.266 e. The lowest BCUT2D eigenvalue weighted by Crippen LogP contribution is -2.13. The van der Waals surface area contributed by atoms with E-state index < -0.39 is 5.91 Å². The highest BCUT2D eigenvalue weighted by molar-refractivity contribution is 9.10. The van der Waals surface area contributed by atoms with Crippen LogP contribution in [-0.2, 0) is 11.4 Å². The van der Waals surface area contributed by atoms with Crippen LogP contribution in [0.15, 0.2) is 64.6 Å². The fourth-order valence-corrected chi connectivity index (χ4v) is 3.77. The molecule has 0 radical (unpaired) electrons. The first-order valence-corrected chi connectivity index (χ1v) is 11.3. The molecule has 0 aliphatic heterocycles. The average Bonchev–Trinajstić information content (AvgIpc) is 2.79. The number of halogens is 3. The van der Waals surface area contributed by atoms with Gasteiger partial charge in [0.15, 0.2) is 11.5 Å². The van der Waals surface area contributed by atoms with Crippen molar-refractivity contribution in [2.75, 3.05) is 12.4 Å². The summed E-state index contributed by atoms with van der Waals surface area (Å²) in [7, 11) is 1.49. The Labute approximate surface area is 210 Å². The van der Waals surface area contributed by atoms with Gasteiger partial charge in [-0.1, -0.05) is 63.4 Å². The molecule has 0 atom stereocenters. The summed E-state index contributed by atoms with van der Waals surface area (Å²) in [6.45, 7) is 2.13. The summed E-state index contributed by atoms with van der Waals surface area (Å²) in [5.74, 6) is 0.176. The lowest BCUT2D eigenvalue weighted by Gasteiger charge is -2.14. The van der Waals surface area contributed by atoms with E-state index in [1.807, 2.05) is 37.3 Å². The van der Waals surface area contributed by atoms with E-state index in [0.717, 1.165) is 15.6 Å². The van der Waals surface area contributed by atoms with Gasteiger partial charge in [-0.3, -0.25) is 4.79 Å². The molecule has 1 N–H and O–H groups in total. The number of amides is 1. The number of carbonyl (C=O) groups is 1. The first-order chi connectivity index (χ1) is 15.8. The summed E-state index contributed by atoms with van der Waals surface area (Å²) in [5, 5.41) is 13.0. The summed E-state index contributed by atoms with van der Waals surface area (Å²) in [4.78, 5) is 12.6. The Morgan fingerprint density at radius 2 is 1.91 bits per heavy atom. The van der Waals surface area contributed by atoms with E-state index in [-0.39, 0.29) is 17.2 Å². The van der Waals surface area contributed by atoms with Gasteiger partial charge in [-0.25, -0.2) is 0 Å². The highest BCUT2D eigenvalue weighted by Gasteiger charge is 2.15. The zero-order valence-corrected chi connectivity index (χ0v) is 20.9. The van der Waals surface area contributed by atoms with Gasteiger partial charge in [0.25, 0.3) is 5.91 Å². The molecule has 0 heterocycles. The third-order valence-electron chi connectivity index (χ3n) is 4.69. The third-order valence-corrected chi connectivity index (χ3v) is 6.15. The highest BCUT2D eigenvalue weighted by atomic mass is 79.9. The van der Waals surface area contributed by atoms with Crippen molar-refractivity contribution in [3.8, 4) is 17.6 Å². The van der Waals surface area contributed by atoms with Crippen molar-refractivity contribution in [1.82, 2.24) is 0 Å². The maximum Gasteiger partial charge on any atom is 0.266 e. The SMILES string of the molecule is COc1cc(/C=C(\C#N)C(=O)Nc2ccc(C)c(Cl)c2)cc(Cl)c1OCc1ccccc1Br. The third kappa shape index (κ3) is 6.29. The molecule has 5 nitrogen and oxygen atoms in total. The number of anilines is 1. The number of hydrogen-bond donors (Lipinski definition) is 1. The number of aryl methyl sites for hydroxylation is 1. The van der Waals surface area contributed by atoms with Crippen molar-refractivity contribution in [3.05, 3.63) is 91.4 Å². The molecule has 0 saturated heterocycles. The van der Waals surface area contributed by atoms with E-state index in [9.17, 15) is 10.1 Å². The van der Waals surface area contributed by atoms with Crippen LogP contribution in [0.1, 0.15) is 16.7 Å². The molecule has 0 spiro atoms. The molecule has 8 heteroatoms. The standard InChI is InChI=1S/C25H19BrCl2N2O3/c1-15-7-8-19(12-21(15)27)30-25(31)18(13-29)9-16-10-22(28)24(23(11-16)32-2)33-14-17-5-3-4-6-20(17)26/h3-12H,14H2,1-2H3,(H,30,31)/b18-9+. The maximum absolute atomic E-state index is 12.6. The molecule has 0 saturated carbocycles. The van der Waals surface area contributed by atoms with Crippen LogP contribution >= 0.6 is 39.1 Å². The number of nitrogens with zero attached hydrogens (tertiary/aromatic N) is 1. The van der Waals surface area contributed by atoms with Gasteiger partial charge in [-0.2, -0.15) is 5.26 Å². The van der Waals surface area contributed by atoms with Crippen LogP contribution in [0, 0.1) is 18.3 Å². The van der Waals surface area contributed by atoms with Gasteiger partial charge in [0, 0.05) is 20.7 Å². The second kappa shape index (κ2) is 11.2. The molecule has 0 fully saturated rings. The number of carbonyl (C=O) groups excluding carboxylic acids is 1. The Kier molecular flexibility index (Phi) is 8.40. The molecule has 33 heavy (non-hydrogen) atoms. The largest absolute Gasteiger partial charge is 0.493 e. The van der Waals surface area contributed by atoms with Gasteiger partial charge < -0.3 is 14.8 Å². The van der Waals surface area contributed by atoms with E-state index in [1.54, 1.807) is 30.3 Å². The van der Waals surface area contributed by atoms with E-state index in [0.29, 0.717) is 27.8 Å².